The van der Waals surface area contributed by atoms with Crippen molar-refractivity contribution >= 4 is 16.3 Å². The van der Waals surface area contributed by atoms with Gasteiger partial charge in [0, 0.05) is 5.41 Å². The molecule has 0 saturated carbocycles. The summed E-state index contributed by atoms with van der Waals surface area (Å²) in [5.74, 6) is 0. The van der Waals surface area contributed by atoms with Gasteiger partial charge in [-0.3, -0.25) is 0 Å². The second-order valence-corrected chi connectivity index (χ2v) is 5.58. The van der Waals surface area contributed by atoms with Gasteiger partial charge in [-0.25, -0.2) is 0 Å². The minimum atomic E-state index is 0. The zero-order valence-corrected chi connectivity index (χ0v) is 15.2. The van der Waals surface area contributed by atoms with Crippen LogP contribution in [0.15, 0.2) is 54.6 Å². The summed E-state index contributed by atoms with van der Waals surface area (Å²) in [6.45, 7) is 18.8. The predicted octanol–water partition coefficient (Wildman–Crippen LogP) is 7.78. The molecular formula is C23H34. The molecule has 3 rings (SSSR count). The molecule has 0 saturated heterocycles. The van der Waals surface area contributed by atoms with Crippen molar-refractivity contribution in [3.8, 4) is 0 Å². The average Bonchev–Trinajstić information content (AvgIpc) is 2.78. The maximum Gasteiger partial charge on any atom is 0.0124 e. The first kappa shape index (κ1) is 21.2. The Kier molecular flexibility index (Phi) is 8.03. The van der Waals surface area contributed by atoms with Crippen LogP contribution in [0.1, 0.15) is 67.0 Å². The summed E-state index contributed by atoms with van der Waals surface area (Å²) in [5.41, 5.74) is 5.63. The highest BCUT2D eigenvalue weighted by Gasteiger charge is 2.35. The van der Waals surface area contributed by atoms with Gasteiger partial charge < -0.3 is 0 Å². The second kappa shape index (κ2) is 8.72. The van der Waals surface area contributed by atoms with Gasteiger partial charge in [0.05, 0.1) is 0 Å². The maximum atomic E-state index is 3.98. The zero-order chi connectivity index (χ0) is 16.9. The highest BCUT2D eigenvalue weighted by molar-refractivity contribution is 5.97. The lowest BCUT2D eigenvalue weighted by Gasteiger charge is -2.24. The molecule has 0 N–H and O–H groups in total. The molecule has 1 aliphatic carbocycles. The van der Waals surface area contributed by atoms with Crippen LogP contribution in [-0.2, 0) is 5.41 Å². The van der Waals surface area contributed by atoms with Crippen LogP contribution in [0.3, 0.4) is 0 Å². The molecule has 0 nitrogen and oxygen atoms in total. The fourth-order valence-electron chi connectivity index (χ4n) is 3.16. The van der Waals surface area contributed by atoms with Gasteiger partial charge in [0.25, 0.3) is 0 Å². The smallest absolute Gasteiger partial charge is 0.0124 e. The monoisotopic (exact) mass is 310 g/mol. The van der Waals surface area contributed by atoms with Crippen molar-refractivity contribution in [3.63, 3.8) is 0 Å². The van der Waals surface area contributed by atoms with Gasteiger partial charge in [0.2, 0.25) is 0 Å². The SMILES string of the molecule is C.C=CC1=C(C)C(C)(C)c2c1ccc1ccccc21.CC.CC. The number of benzene rings is 2. The molecule has 0 atom stereocenters. The van der Waals surface area contributed by atoms with Gasteiger partial charge in [-0.15, -0.1) is 0 Å². The summed E-state index contributed by atoms with van der Waals surface area (Å²) in [7, 11) is 0. The lowest BCUT2D eigenvalue weighted by Crippen LogP contribution is -2.15. The van der Waals surface area contributed by atoms with Crippen LogP contribution >= 0.6 is 0 Å². The number of hydrogen-bond donors (Lipinski definition) is 0. The quantitative estimate of drug-likeness (QED) is 0.504. The van der Waals surface area contributed by atoms with Crippen molar-refractivity contribution in [3.05, 3.63) is 65.8 Å². The molecule has 0 aromatic heterocycles. The van der Waals surface area contributed by atoms with Crippen LogP contribution in [0.4, 0.5) is 0 Å². The van der Waals surface area contributed by atoms with E-state index in [1.54, 1.807) is 0 Å². The predicted molar refractivity (Wildman–Crippen MR) is 109 cm³/mol. The van der Waals surface area contributed by atoms with Crippen molar-refractivity contribution in [2.45, 2.75) is 61.3 Å². The molecule has 0 heteroatoms. The van der Waals surface area contributed by atoms with E-state index in [1.165, 1.54) is 33.0 Å². The van der Waals surface area contributed by atoms with Gasteiger partial charge in [0.15, 0.2) is 0 Å². The molecule has 2 aromatic carbocycles. The van der Waals surface area contributed by atoms with Crippen LogP contribution < -0.4 is 0 Å². The molecule has 0 spiro atoms. The molecule has 0 unspecified atom stereocenters. The van der Waals surface area contributed by atoms with E-state index in [4.69, 9.17) is 0 Å². The van der Waals surface area contributed by atoms with Crippen molar-refractivity contribution < 1.29 is 0 Å². The van der Waals surface area contributed by atoms with Gasteiger partial charge in [-0.05, 0) is 34.4 Å². The fraction of sp³-hybridized carbons (Fsp3) is 0.391. The van der Waals surface area contributed by atoms with Crippen LogP contribution in [0.25, 0.3) is 16.3 Å². The Bertz CT molecular complexity index is 684. The first-order chi connectivity index (χ1) is 10.6. The van der Waals surface area contributed by atoms with E-state index < -0.39 is 0 Å². The summed E-state index contributed by atoms with van der Waals surface area (Å²) in [4.78, 5) is 0. The minimum Gasteiger partial charge on any atom is -0.0984 e. The van der Waals surface area contributed by atoms with Crippen molar-refractivity contribution in [2.75, 3.05) is 0 Å². The largest absolute Gasteiger partial charge is 0.0984 e. The topological polar surface area (TPSA) is 0 Å². The summed E-state index contributed by atoms with van der Waals surface area (Å²) >= 11 is 0. The van der Waals surface area contributed by atoms with E-state index >= 15 is 0 Å². The molecule has 0 bridgehead atoms. The Labute approximate surface area is 143 Å². The van der Waals surface area contributed by atoms with E-state index in [-0.39, 0.29) is 12.8 Å². The first-order valence-electron chi connectivity index (χ1n) is 8.43. The highest BCUT2D eigenvalue weighted by atomic mass is 14.4. The van der Waals surface area contributed by atoms with Crippen molar-refractivity contribution in [1.29, 1.82) is 0 Å². The first-order valence-corrected chi connectivity index (χ1v) is 8.43. The molecule has 126 valence electrons. The van der Waals surface area contributed by atoms with Gasteiger partial charge >= 0.3 is 0 Å². The Morgan fingerprint density at radius 3 is 2.04 bits per heavy atom. The molecule has 0 amide bonds. The molecule has 2 aromatic rings. The fourth-order valence-corrected chi connectivity index (χ4v) is 3.16. The molecule has 0 heterocycles. The lowest BCUT2D eigenvalue weighted by molar-refractivity contribution is 0.645. The summed E-state index contributed by atoms with van der Waals surface area (Å²) in [6.07, 6.45) is 2.00. The highest BCUT2D eigenvalue weighted by Crippen LogP contribution is 2.48. The van der Waals surface area contributed by atoms with Crippen molar-refractivity contribution in [1.82, 2.24) is 0 Å². The van der Waals surface area contributed by atoms with Gasteiger partial charge in [0.1, 0.15) is 0 Å². The van der Waals surface area contributed by atoms with Crippen LogP contribution in [0.5, 0.6) is 0 Å². The summed E-state index contributed by atoms with van der Waals surface area (Å²) in [6, 6.07) is 13.1. The van der Waals surface area contributed by atoms with Gasteiger partial charge in [-0.1, -0.05) is 104 Å². The van der Waals surface area contributed by atoms with Crippen LogP contribution in [-0.4, -0.2) is 0 Å². The molecular weight excluding hydrogens is 276 g/mol. The molecule has 0 aliphatic heterocycles. The average molecular weight is 311 g/mol. The van der Waals surface area contributed by atoms with E-state index in [1.807, 2.05) is 33.8 Å². The van der Waals surface area contributed by atoms with E-state index in [0.717, 1.165) is 0 Å². The third kappa shape index (κ3) is 3.42. The third-order valence-corrected chi connectivity index (χ3v) is 4.39. The number of rotatable bonds is 1. The van der Waals surface area contributed by atoms with Crippen LogP contribution in [0, 0.1) is 0 Å². The minimum absolute atomic E-state index is 0. The Balaban J connectivity index is 0.000000901. The number of hydrogen-bond acceptors (Lipinski definition) is 0. The second-order valence-electron chi connectivity index (χ2n) is 5.58. The van der Waals surface area contributed by atoms with Crippen molar-refractivity contribution in [2.24, 2.45) is 0 Å². The third-order valence-electron chi connectivity index (χ3n) is 4.39. The number of fused-ring (bicyclic) bond motifs is 3. The summed E-state index contributed by atoms with van der Waals surface area (Å²) in [5, 5.41) is 2.69. The molecule has 0 radical (unpaired) electrons. The molecule has 23 heavy (non-hydrogen) atoms. The zero-order valence-electron chi connectivity index (χ0n) is 15.2. The molecule has 0 fully saturated rings. The summed E-state index contributed by atoms with van der Waals surface area (Å²) < 4.78 is 0. The normalized spacial score (nSPS) is 13.9. The standard InChI is InChI=1S/C18H18.2C2H6.CH4/c1-5-14-12(2)18(3,4)17-15-9-7-6-8-13(15)10-11-16(14)17;2*1-2;/h5-11H,1H2,2-4H3;2*1-2H3;1H4. The van der Waals surface area contributed by atoms with E-state index in [0.29, 0.717) is 0 Å². The Morgan fingerprint density at radius 1 is 0.913 bits per heavy atom. The number of allylic oxidation sites excluding steroid dienone is 3. The molecule has 1 aliphatic rings. The van der Waals surface area contributed by atoms with E-state index in [2.05, 4.69) is 63.7 Å². The maximum absolute atomic E-state index is 3.98. The van der Waals surface area contributed by atoms with E-state index in [9.17, 15) is 0 Å². The Hall–Kier alpha value is -1.82. The van der Waals surface area contributed by atoms with Crippen LogP contribution in [0.2, 0.25) is 0 Å². The lowest BCUT2D eigenvalue weighted by atomic mass is 9.79. The van der Waals surface area contributed by atoms with Gasteiger partial charge in [-0.2, -0.15) is 0 Å². The Morgan fingerprint density at radius 2 is 1.48 bits per heavy atom.